The lowest BCUT2D eigenvalue weighted by Gasteiger charge is -2.03. The number of urea groups is 1. The van der Waals surface area contributed by atoms with Crippen LogP contribution in [0, 0.1) is 0 Å². The van der Waals surface area contributed by atoms with E-state index in [4.69, 9.17) is 5.73 Å². The summed E-state index contributed by atoms with van der Waals surface area (Å²) in [5, 5.41) is 4.63. The first kappa shape index (κ1) is 8.00. The maximum Gasteiger partial charge on any atom is 0.322 e. The number of hydrogen-bond acceptors (Lipinski definition) is 3. The van der Waals surface area contributed by atoms with Gasteiger partial charge in [-0.3, -0.25) is 10.1 Å². The average Bonchev–Trinajstić information content (AvgIpc) is 2.26. The summed E-state index contributed by atoms with van der Waals surface area (Å²) in [7, 11) is 0. The Morgan fingerprint density at radius 1 is 1.45 bits per heavy atom. The summed E-state index contributed by atoms with van der Waals surface area (Å²) in [6.45, 7) is 0.541. The van der Waals surface area contributed by atoms with Crippen molar-refractivity contribution in [2.45, 2.75) is 18.9 Å². The third-order valence-electron chi connectivity index (χ3n) is 1.56. The molecule has 1 aliphatic rings. The summed E-state index contributed by atoms with van der Waals surface area (Å²) in [6.07, 6.45) is 1.37. The first-order valence-corrected chi connectivity index (χ1v) is 3.55. The van der Waals surface area contributed by atoms with E-state index in [1.54, 1.807) is 0 Å². The number of nitrogens with one attached hydrogen (secondary N) is 2. The quantitative estimate of drug-likeness (QED) is 0.456. The van der Waals surface area contributed by atoms with Gasteiger partial charge in [-0.15, -0.1) is 0 Å². The van der Waals surface area contributed by atoms with Crippen molar-refractivity contribution in [3.8, 4) is 0 Å². The minimum absolute atomic E-state index is 0.247. The van der Waals surface area contributed by atoms with E-state index in [1.807, 2.05) is 0 Å². The minimum Gasteiger partial charge on any atom is -0.330 e. The topological polar surface area (TPSA) is 84.2 Å². The summed E-state index contributed by atoms with van der Waals surface area (Å²) in [5.74, 6) is -0.247. The van der Waals surface area contributed by atoms with Crippen LogP contribution in [0.1, 0.15) is 12.8 Å². The third kappa shape index (κ3) is 1.91. The lowest BCUT2D eigenvalue weighted by Crippen LogP contribution is -2.29. The highest BCUT2D eigenvalue weighted by Crippen LogP contribution is 2.00. The molecular formula is C6H11N3O2. The molecule has 62 valence electrons. The van der Waals surface area contributed by atoms with Crippen LogP contribution >= 0.6 is 0 Å². The van der Waals surface area contributed by atoms with Crippen LogP contribution < -0.4 is 16.4 Å². The van der Waals surface area contributed by atoms with Gasteiger partial charge in [-0.05, 0) is 19.4 Å². The van der Waals surface area contributed by atoms with Gasteiger partial charge in [0.25, 0.3) is 5.91 Å². The lowest BCUT2D eigenvalue weighted by atomic mass is 10.1. The highest BCUT2D eigenvalue weighted by molar-refractivity contribution is 6.04. The molecular weight excluding hydrogens is 146 g/mol. The maximum absolute atomic E-state index is 10.9. The van der Waals surface area contributed by atoms with Crippen LogP contribution in [0.2, 0.25) is 0 Å². The molecule has 1 rings (SSSR count). The van der Waals surface area contributed by atoms with E-state index in [1.165, 1.54) is 0 Å². The van der Waals surface area contributed by atoms with Crippen molar-refractivity contribution in [2.24, 2.45) is 5.73 Å². The van der Waals surface area contributed by atoms with Gasteiger partial charge in [-0.25, -0.2) is 4.79 Å². The Balaban J connectivity index is 2.34. The van der Waals surface area contributed by atoms with E-state index < -0.39 is 6.03 Å². The van der Waals surface area contributed by atoms with E-state index in [2.05, 4.69) is 10.6 Å². The molecule has 1 fully saturated rings. The first-order chi connectivity index (χ1) is 5.24. The molecule has 0 bridgehead atoms. The van der Waals surface area contributed by atoms with E-state index in [9.17, 15) is 9.59 Å². The van der Waals surface area contributed by atoms with Crippen LogP contribution in [0.25, 0.3) is 0 Å². The standard InChI is InChI=1S/C6H11N3O2/c7-3-1-2-4-5(10)9-6(11)8-4/h4H,1-3,7H2,(H2,8,9,10,11). The Morgan fingerprint density at radius 2 is 2.18 bits per heavy atom. The second-order valence-corrected chi connectivity index (χ2v) is 2.45. The van der Waals surface area contributed by atoms with Crippen molar-refractivity contribution in [1.82, 2.24) is 10.6 Å². The summed E-state index contributed by atoms with van der Waals surface area (Å²) >= 11 is 0. The molecule has 1 saturated heterocycles. The Morgan fingerprint density at radius 3 is 2.64 bits per heavy atom. The van der Waals surface area contributed by atoms with Gasteiger partial charge in [0.2, 0.25) is 0 Å². The second-order valence-electron chi connectivity index (χ2n) is 2.45. The predicted molar refractivity (Wildman–Crippen MR) is 38.8 cm³/mol. The van der Waals surface area contributed by atoms with Crippen molar-refractivity contribution in [2.75, 3.05) is 6.54 Å². The van der Waals surface area contributed by atoms with Crippen LogP contribution in [-0.2, 0) is 4.79 Å². The molecule has 0 radical (unpaired) electrons. The SMILES string of the molecule is NCCCC1NC(=O)NC1=O. The van der Waals surface area contributed by atoms with Crippen LogP contribution in [0.3, 0.4) is 0 Å². The van der Waals surface area contributed by atoms with Crippen molar-refractivity contribution in [1.29, 1.82) is 0 Å². The largest absolute Gasteiger partial charge is 0.330 e. The number of carbonyl (C=O) groups is 2. The molecule has 0 spiro atoms. The number of nitrogens with two attached hydrogens (primary N) is 1. The van der Waals surface area contributed by atoms with Gasteiger partial charge >= 0.3 is 6.03 Å². The predicted octanol–water partition coefficient (Wildman–Crippen LogP) is -1.07. The molecule has 5 heteroatoms. The summed E-state index contributed by atoms with van der Waals surface area (Å²) in [4.78, 5) is 21.4. The van der Waals surface area contributed by atoms with Gasteiger partial charge < -0.3 is 11.1 Å². The second kappa shape index (κ2) is 3.34. The molecule has 0 aromatic carbocycles. The van der Waals surface area contributed by atoms with Crippen molar-refractivity contribution in [3.05, 3.63) is 0 Å². The minimum atomic E-state index is -0.406. The lowest BCUT2D eigenvalue weighted by molar-refractivity contribution is -0.120. The first-order valence-electron chi connectivity index (χ1n) is 3.55. The zero-order chi connectivity index (χ0) is 8.27. The zero-order valence-corrected chi connectivity index (χ0v) is 6.09. The van der Waals surface area contributed by atoms with E-state index in [-0.39, 0.29) is 11.9 Å². The fourth-order valence-corrected chi connectivity index (χ4v) is 0.984. The molecule has 1 atom stereocenters. The number of carbonyl (C=O) groups excluding carboxylic acids is 2. The van der Waals surface area contributed by atoms with Gasteiger partial charge in [-0.2, -0.15) is 0 Å². The molecule has 4 N–H and O–H groups in total. The number of amides is 3. The van der Waals surface area contributed by atoms with Crippen LogP contribution in [-0.4, -0.2) is 24.5 Å². The number of hydrogen-bond donors (Lipinski definition) is 3. The molecule has 0 aliphatic carbocycles. The van der Waals surface area contributed by atoms with Crippen LogP contribution in [0.15, 0.2) is 0 Å². The van der Waals surface area contributed by atoms with Gasteiger partial charge in [0.15, 0.2) is 0 Å². The Labute approximate surface area is 64.3 Å². The molecule has 0 aromatic rings. The molecule has 3 amide bonds. The molecule has 0 saturated carbocycles. The van der Waals surface area contributed by atoms with Gasteiger partial charge in [0.05, 0.1) is 0 Å². The van der Waals surface area contributed by atoms with Crippen molar-refractivity contribution < 1.29 is 9.59 Å². The van der Waals surface area contributed by atoms with E-state index in [0.717, 1.165) is 6.42 Å². The Kier molecular flexibility index (Phi) is 2.43. The molecule has 5 nitrogen and oxygen atoms in total. The molecule has 0 aromatic heterocycles. The highest BCUT2D eigenvalue weighted by Gasteiger charge is 2.28. The highest BCUT2D eigenvalue weighted by atomic mass is 16.2. The Bertz CT molecular complexity index is 181. The molecule has 1 heterocycles. The van der Waals surface area contributed by atoms with E-state index >= 15 is 0 Å². The Hall–Kier alpha value is -1.10. The van der Waals surface area contributed by atoms with Gasteiger partial charge in [0, 0.05) is 0 Å². The molecule has 1 aliphatic heterocycles. The zero-order valence-electron chi connectivity index (χ0n) is 6.09. The summed E-state index contributed by atoms with van der Waals surface area (Å²) < 4.78 is 0. The smallest absolute Gasteiger partial charge is 0.322 e. The van der Waals surface area contributed by atoms with Crippen LogP contribution in [0.5, 0.6) is 0 Å². The fraction of sp³-hybridized carbons (Fsp3) is 0.667. The van der Waals surface area contributed by atoms with Gasteiger partial charge in [0.1, 0.15) is 6.04 Å². The molecule has 11 heavy (non-hydrogen) atoms. The van der Waals surface area contributed by atoms with Crippen molar-refractivity contribution in [3.63, 3.8) is 0 Å². The van der Waals surface area contributed by atoms with Crippen LogP contribution in [0.4, 0.5) is 4.79 Å². The van der Waals surface area contributed by atoms with E-state index in [0.29, 0.717) is 13.0 Å². The number of imide groups is 1. The monoisotopic (exact) mass is 157 g/mol. The maximum atomic E-state index is 10.9. The normalized spacial score (nSPS) is 23.2. The van der Waals surface area contributed by atoms with Crippen molar-refractivity contribution >= 4 is 11.9 Å². The fourth-order valence-electron chi connectivity index (χ4n) is 0.984. The summed E-state index contributed by atoms with van der Waals surface area (Å²) in [5.41, 5.74) is 5.24. The average molecular weight is 157 g/mol. The summed E-state index contributed by atoms with van der Waals surface area (Å²) in [6, 6.07) is -0.775. The van der Waals surface area contributed by atoms with Gasteiger partial charge in [-0.1, -0.05) is 0 Å². The number of rotatable bonds is 3. The third-order valence-corrected chi connectivity index (χ3v) is 1.56. The molecule has 1 unspecified atom stereocenters.